The van der Waals surface area contributed by atoms with Gasteiger partial charge in [0.05, 0.1) is 35.3 Å². The van der Waals surface area contributed by atoms with Gasteiger partial charge in [0.2, 0.25) is 0 Å². The highest BCUT2D eigenvalue weighted by Crippen LogP contribution is 2.28. The molecule has 8 heteroatoms. The molecule has 0 aliphatic carbocycles. The lowest BCUT2D eigenvalue weighted by atomic mass is 10.1. The molecule has 2 atom stereocenters. The molecule has 1 aromatic carbocycles. The predicted octanol–water partition coefficient (Wildman–Crippen LogP) is 0.861. The number of hydrogen-bond acceptors (Lipinski definition) is 4. The quantitative estimate of drug-likeness (QED) is 0.833. The van der Waals surface area contributed by atoms with Crippen molar-refractivity contribution in [3.63, 3.8) is 0 Å². The van der Waals surface area contributed by atoms with Crippen molar-refractivity contribution in [2.24, 2.45) is 14.1 Å². The average molecular weight is 398 g/mol. The van der Waals surface area contributed by atoms with Crippen molar-refractivity contribution in [2.75, 3.05) is 20.3 Å². The first-order valence-electron chi connectivity index (χ1n) is 7.68. The number of methoxy groups -OCH3 is 1. The summed E-state index contributed by atoms with van der Waals surface area (Å²) in [7, 11) is 4.96. The molecule has 1 aromatic heterocycles. The van der Waals surface area contributed by atoms with E-state index in [-0.39, 0.29) is 24.2 Å². The minimum Gasteiger partial charge on any atom is -0.391 e. The number of imidazole rings is 1. The van der Waals surface area contributed by atoms with Crippen LogP contribution in [0.3, 0.4) is 0 Å². The molecule has 24 heavy (non-hydrogen) atoms. The Hall–Kier alpha value is -1.64. The maximum Gasteiger partial charge on any atom is 0.328 e. The summed E-state index contributed by atoms with van der Waals surface area (Å²) in [6.07, 6.45) is -0.0406. The lowest BCUT2D eigenvalue weighted by molar-refractivity contribution is 0.0622. The van der Waals surface area contributed by atoms with Crippen LogP contribution in [0.4, 0.5) is 0 Å². The molecule has 0 spiro atoms. The molecule has 1 aliphatic heterocycles. The van der Waals surface area contributed by atoms with Crippen molar-refractivity contribution >= 4 is 32.9 Å². The molecular formula is C16H20BrN3O4. The minimum absolute atomic E-state index is 0.143. The third-order valence-corrected chi connectivity index (χ3v) is 5.26. The maximum absolute atomic E-state index is 13.0. The van der Waals surface area contributed by atoms with Gasteiger partial charge in [-0.15, -0.1) is 0 Å². The van der Waals surface area contributed by atoms with E-state index in [0.29, 0.717) is 28.6 Å². The molecule has 7 nitrogen and oxygen atoms in total. The molecule has 0 bridgehead atoms. The minimum atomic E-state index is -0.544. The number of carbonyl (C=O) groups is 1. The first-order chi connectivity index (χ1) is 11.3. The van der Waals surface area contributed by atoms with Crippen molar-refractivity contribution in [2.45, 2.75) is 18.6 Å². The van der Waals surface area contributed by atoms with Crippen LogP contribution in [0.5, 0.6) is 0 Å². The van der Waals surface area contributed by atoms with Gasteiger partial charge in [-0.25, -0.2) is 4.79 Å². The summed E-state index contributed by atoms with van der Waals surface area (Å²) in [5, 5.41) is 9.91. The zero-order valence-electron chi connectivity index (χ0n) is 13.8. The van der Waals surface area contributed by atoms with Crippen molar-refractivity contribution in [3.05, 3.63) is 32.7 Å². The Kier molecular flexibility index (Phi) is 4.54. The molecule has 1 saturated heterocycles. The molecule has 1 aliphatic rings. The number of ether oxygens (including phenoxy) is 1. The van der Waals surface area contributed by atoms with Crippen molar-refractivity contribution in [1.82, 2.24) is 14.0 Å². The second-order valence-corrected chi connectivity index (χ2v) is 7.03. The molecule has 3 rings (SSSR count). The Labute approximate surface area is 147 Å². The van der Waals surface area contributed by atoms with Crippen LogP contribution in [-0.4, -0.2) is 57.5 Å². The fourth-order valence-corrected chi connectivity index (χ4v) is 3.83. The topological polar surface area (TPSA) is 76.7 Å². The summed E-state index contributed by atoms with van der Waals surface area (Å²) < 4.78 is 8.85. The Morgan fingerprint density at radius 1 is 1.33 bits per heavy atom. The lowest BCUT2D eigenvalue weighted by Gasteiger charge is -2.24. The van der Waals surface area contributed by atoms with E-state index in [4.69, 9.17) is 4.74 Å². The smallest absolute Gasteiger partial charge is 0.328 e. The Morgan fingerprint density at radius 3 is 2.58 bits per heavy atom. The van der Waals surface area contributed by atoms with Gasteiger partial charge < -0.3 is 14.7 Å². The molecule has 2 heterocycles. The highest BCUT2D eigenvalue weighted by molar-refractivity contribution is 9.10. The van der Waals surface area contributed by atoms with Gasteiger partial charge in [0.15, 0.2) is 0 Å². The van der Waals surface area contributed by atoms with Gasteiger partial charge in [-0.2, -0.15) is 0 Å². The summed E-state index contributed by atoms with van der Waals surface area (Å²) in [6.45, 7) is 0.664. The Bertz CT molecular complexity index is 857. The number of rotatable bonds is 3. The number of aliphatic hydroxyl groups excluding tert-OH is 1. The number of β-amino-alcohol motifs (C(OH)–C–C–N with tert-alkyl or cyclic N) is 1. The number of carbonyl (C=O) groups excluding carboxylic acids is 1. The number of aromatic nitrogens is 2. The summed E-state index contributed by atoms with van der Waals surface area (Å²) >= 11 is 3.44. The van der Waals surface area contributed by atoms with E-state index in [2.05, 4.69) is 15.9 Å². The number of fused-ring (bicyclic) bond motifs is 1. The SMILES string of the molecule is COC[C@@H]1C[C@@H](O)CN1C(=O)c1cc2c(cc1Br)n(C)c(=O)n2C. The molecule has 0 unspecified atom stereocenters. The molecule has 1 N–H and O–H groups in total. The number of aryl methyl sites for hydroxylation is 2. The summed E-state index contributed by atoms with van der Waals surface area (Å²) in [5.74, 6) is -0.182. The van der Waals surface area contributed by atoms with Crippen LogP contribution in [0.1, 0.15) is 16.8 Å². The largest absolute Gasteiger partial charge is 0.391 e. The fourth-order valence-electron chi connectivity index (χ4n) is 3.33. The Morgan fingerprint density at radius 2 is 1.96 bits per heavy atom. The van der Waals surface area contributed by atoms with Crippen LogP contribution >= 0.6 is 15.9 Å². The number of hydrogen-bond donors (Lipinski definition) is 1. The van der Waals surface area contributed by atoms with Crippen molar-refractivity contribution < 1.29 is 14.6 Å². The monoisotopic (exact) mass is 397 g/mol. The average Bonchev–Trinajstić information content (AvgIpc) is 3.01. The molecule has 130 valence electrons. The molecular weight excluding hydrogens is 378 g/mol. The number of halogens is 1. The number of amides is 1. The van der Waals surface area contributed by atoms with E-state index in [9.17, 15) is 14.7 Å². The van der Waals surface area contributed by atoms with Gasteiger partial charge in [0, 0.05) is 32.2 Å². The molecule has 1 fully saturated rings. The normalized spacial score (nSPS) is 21.0. The first kappa shape index (κ1) is 17.2. The van der Waals surface area contributed by atoms with Gasteiger partial charge in [-0.1, -0.05) is 0 Å². The zero-order chi connectivity index (χ0) is 17.6. The highest BCUT2D eigenvalue weighted by atomic mass is 79.9. The van der Waals surface area contributed by atoms with E-state index in [1.165, 1.54) is 4.57 Å². The van der Waals surface area contributed by atoms with Crippen LogP contribution in [0.15, 0.2) is 21.4 Å². The molecule has 0 radical (unpaired) electrons. The fraction of sp³-hybridized carbons (Fsp3) is 0.500. The number of aliphatic hydroxyl groups is 1. The first-order valence-corrected chi connectivity index (χ1v) is 8.47. The van der Waals surface area contributed by atoms with Crippen LogP contribution in [0.2, 0.25) is 0 Å². The van der Waals surface area contributed by atoms with Crippen LogP contribution in [0.25, 0.3) is 11.0 Å². The summed E-state index contributed by atoms with van der Waals surface area (Å²) in [6, 6.07) is 3.35. The Balaban J connectivity index is 2.05. The predicted molar refractivity (Wildman–Crippen MR) is 93.2 cm³/mol. The third-order valence-electron chi connectivity index (χ3n) is 4.60. The standard InChI is InChI=1S/C16H20BrN3O4/c1-18-13-5-11(12(17)6-14(13)19(2)16(18)23)15(22)20-7-10(21)4-9(20)8-24-3/h5-6,9-10,21H,4,7-8H2,1-3H3/t9-,10+/m0/s1. The van der Waals surface area contributed by atoms with Crippen molar-refractivity contribution in [1.29, 1.82) is 0 Å². The van der Waals surface area contributed by atoms with Gasteiger partial charge >= 0.3 is 5.69 Å². The van der Waals surface area contributed by atoms with Crippen molar-refractivity contribution in [3.8, 4) is 0 Å². The second kappa shape index (κ2) is 6.34. The van der Waals surface area contributed by atoms with Gasteiger partial charge in [-0.3, -0.25) is 13.9 Å². The van der Waals surface area contributed by atoms with E-state index >= 15 is 0 Å². The number of nitrogens with zero attached hydrogens (tertiary/aromatic N) is 3. The van der Waals surface area contributed by atoms with E-state index < -0.39 is 6.10 Å². The second-order valence-electron chi connectivity index (χ2n) is 6.18. The van der Waals surface area contributed by atoms with E-state index in [0.717, 1.165) is 5.52 Å². The zero-order valence-corrected chi connectivity index (χ0v) is 15.4. The lowest BCUT2D eigenvalue weighted by Crippen LogP contribution is -2.38. The molecule has 0 saturated carbocycles. The number of likely N-dealkylation sites (tertiary alicyclic amines) is 1. The summed E-state index contributed by atoms with van der Waals surface area (Å²) in [5.41, 5.74) is 1.77. The van der Waals surface area contributed by atoms with Crippen LogP contribution in [0, 0.1) is 0 Å². The highest BCUT2D eigenvalue weighted by Gasteiger charge is 2.35. The molecule has 1 amide bonds. The molecule has 2 aromatic rings. The van der Waals surface area contributed by atoms with Gasteiger partial charge in [0.1, 0.15) is 0 Å². The third kappa shape index (κ3) is 2.68. The maximum atomic E-state index is 13.0. The van der Waals surface area contributed by atoms with Gasteiger partial charge in [0.25, 0.3) is 5.91 Å². The number of benzene rings is 1. The van der Waals surface area contributed by atoms with Gasteiger partial charge in [-0.05, 0) is 34.5 Å². The summed E-state index contributed by atoms with van der Waals surface area (Å²) in [4.78, 5) is 26.7. The van der Waals surface area contributed by atoms with Crippen LogP contribution in [-0.2, 0) is 18.8 Å². The van der Waals surface area contributed by atoms with E-state index in [1.54, 1.807) is 42.8 Å². The van der Waals surface area contributed by atoms with Crippen LogP contribution < -0.4 is 5.69 Å². The van der Waals surface area contributed by atoms with E-state index in [1.807, 2.05) is 0 Å².